The molecule has 3 heteroatoms. The summed E-state index contributed by atoms with van der Waals surface area (Å²) in [6.45, 7) is 0. The van der Waals surface area contributed by atoms with Gasteiger partial charge in [0.15, 0.2) is 0 Å². The topological polar surface area (TPSA) is 48.1 Å². The monoisotopic (exact) mass is 234 g/mol. The highest BCUT2D eigenvalue weighted by atomic mass is 16.5. The number of hydrogen-bond acceptors (Lipinski definition) is 3. The van der Waals surface area contributed by atoms with Gasteiger partial charge in [-0.25, -0.2) is 0 Å². The molecular weight excluding hydrogens is 212 g/mol. The molecule has 1 aromatic rings. The summed E-state index contributed by atoms with van der Waals surface area (Å²) in [7, 11) is 1.80. The fourth-order valence-electron chi connectivity index (χ4n) is 2.84. The molecular formula is C14H22N2O. The van der Waals surface area contributed by atoms with E-state index >= 15 is 0 Å². The second-order valence-corrected chi connectivity index (χ2v) is 5.00. The average molecular weight is 234 g/mol. The number of methoxy groups -OCH3 is 1. The Labute approximate surface area is 103 Å². The van der Waals surface area contributed by atoms with E-state index in [1.807, 2.05) is 24.5 Å². The fraction of sp³-hybridized carbons (Fsp3) is 0.643. The van der Waals surface area contributed by atoms with Crippen LogP contribution in [0.3, 0.4) is 0 Å². The summed E-state index contributed by atoms with van der Waals surface area (Å²) in [6, 6.07) is 4.15. The van der Waals surface area contributed by atoms with Gasteiger partial charge in [-0.3, -0.25) is 4.98 Å². The van der Waals surface area contributed by atoms with Crippen LogP contribution in [0.5, 0.6) is 0 Å². The van der Waals surface area contributed by atoms with Crippen LogP contribution in [0.15, 0.2) is 24.5 Å². The molecule has 1 unspecified atom stereocenters. The zero-order chi connectivity index (χ0) is 12.1. The maximum atomic E-state index is 6.38. The molecule has 94 valence electrons. The van der Waals surface area contributed by atoms with Crippen LogP contribution in [0.25, 0.3) is 0 Å². The van der Waals surface area contributed by atoms with Gasteiger partial charge in [0, 0.05) is 25.5 Å². The van der Waals surface area contributed by atoms with Crippen molar-refractivity contribution in [3.63, 3.8) is 0 Å². The summed E-state index contributed by atoms with van der Waals surface area (Å²) in [5, 5.41) is 0. The van der Waals surface area contributed by atoms with Crippen molar-refractivity contribution in [2.45, 2.75) is 50.2 Å². The summed E-state index contributed by atoms with van der Waals surface area (Å²) in [4.78, 5) is 4.03. The van der Waals surface area contributed by atoms with Crippen LogP contribution in [0.2, 0.25) is 0 Å². The SMILES string of the molecule is COC1(C(N)Cc2ccncc2)CCCCC1. The quantitative estimate of drug-likeness (QED) is 0.869. The first kappa shape index (κ1) is 12.5. The van der Waals surface area contributed by atoms with Gasteiger partial charge in [0.1, 0.15) is 0 Å². The molecule has 0 radical (unpaired) electrons. The van der Waals surface area contributed by atoms with Gasteiger partial charge in [-0.15, -0.1) is 0 Å². The molecule has 1 saturated carbocycles. The zero-order valence-corrected chi connectivity index (χ0v) is 10.6. The van der Waals surface area contributed by atoms with Gasteiger partial charge in [0.2, 0.25) is 0 Å². The summed E-state index contributed by atoms with van der Waals surface area (Å²) in [5.74, 6) is 0. The minimum Gasteiger partial charge on any atom is -0.377 e. The third-order valence-electron chi connectivity index (χ3n) is 3.99. The van der Waals surface area contributed by atoms with Crippen LogP contribution < -0.4 is 5.73 Å². The van der Waals surface area contributed by atoms with Crippen LogP contribution in [0.1, 0.15) is 37.7 Å². The average Bonchev–Trinajstić information content (AvgIpc) is 2.40. The Morgan fingerprint density at radius 1 is 1.29 bits per heavy atom. The molecule has 1 aromatic heterocycles. The highest BCUT2D eigenvalue weighted by Gasteiger charge is 2.37. The zero-order valence-electron chi connectivity index (χ0n) is 10.6. The third kappa shape index (κ3) is 2.85. The molecule has 0 aliphatic heterocycles. The number of hydrogen-bond donors (Lipinski definition) is 1. The van der Waals surface area contributed by atoms with E-state index < -0.39 is 0 Å². The molecule has 3 nitrogen and oxygen atoms in total. The van der Waals surface area contributed by atoms with Crippen molar-refractivity contribution in [1.82, 2.24) is 4.98 Å². The van der Waals surface area contributed by atoms with Gasteiger partial charge in [-0.05, 0) is 37.0 Å². The highest BCUT2D eigenvalue weighted by Crippen LogP contribution is 2.34. The van der Waals surface area contributed by atoms with Crippen LogP contribution >= 0.6 is 0 Å². The highest BCUT2D eigenvalue weighted by molar-refractivity contribution is 5.13. The molecule has 2 N–H and O–H groups in total. The third-order valence-corrected chi connectivity index (χ3v) is 3.99. The van der Waals surface area contributed by atoms with Crippen molar-refractivity contribution in [3.8, 4) is 0 Å². The van der Waals surface area contributed by atoms with Crippen LogP contribution in [-0.2, 0) is 11.2 Å². The molecule has 1 heterocycles. The number of ether oxygens (including phenoxy) is 1. The lowest BCUT2D eigenvalue weighted by Gasteiger charge is -2.40. The lowest BCUT2D eigenvalue weighted by Crippen LogP contribution is -2.51. The molecule has 0 amide bonds. The molecule has 0 bridgehead atoms. The molecule has 0 saturated heterocycles. The molecule has 1 atom stereocenters. The predicted octanol–water partition coefficient (Wildman–Crippen LogP) is 2.30. The van der Waals surface area contributed by atoms with E-state index in [2.05, 4.69) is 4.98 Å². The Morgan fingerprint density at radius 2 is 1.94 bits per heavy atom. The minimum absolute atomic E-state index is 0.0789. The van der Waals surface area contributed by atoms with Crippen molar-refractivity contribution < 1.29 is 4.74 Å². The number of rotatable bonds is 4. The summed E-state index contributed by atoms with van der Waals surface area (Å²) < 4.78 is 5.77. The van der Waals surface area contributed by atoms with E-state index in [1.165, 1.54) is 24.8 Å². The minimum atomic E-state index is -0.110. The summed E-state index contributed by atoms with van der Waals surface area (Å²) >= 11 is 0. The van der Waals surface area contributed by atoms with Crippen molar-refractivity contribution in [2.75, 3.05) is 7.11 Å². The molecule has 0 aromatic carbocycles. The van der Waals surface area contributed by atoms with Crippen molar-refractivity contribution in [2.24, 2.45) is 5.73 Å². The van der Waals surface area contributed by atoms with Gasteiger partial charge in [0.25, 0.3) is 0 Å². The van der Waals surface area contributed by atoms with Crippen LogP contribution in [0.4, 0.5) is 0 Å². The molecule has 1 fully saturated rings. The van der Waals surface area contributed by atoms with Gasteiger partial charge in [-0.1, -0.05) is 19.3 Å². The Hall–Kier alpha value is -0.930. The van der Waals surface area contributed by atoms with Gasteiger partial charge < -0.3 is 10.5 Å². The molecule has 0 spiro atoms. The maximum absolute atomic E-state index is 6.38. The summed E-state index contributed by atoms with van der Waals surface area (Å²) in [6.07, 6.45) is 10.5. The van der Waals surface area contributed by atoms with Crippen LogP contribution in [-0.4, -0.2) is 23.7 Å². The smallest absolute Gasteiger partial charge is 0.0832 e. The Morgan fingerprint density at radius 3 is 2.53 bits per heavy atom. The molecule has 17 heavy (non-hydrogen) atoms. The van der Waals surface area contributed by atoms with Gasteiger partial charge in [0.05, 0.1) is 5.60 Å². The van der Waals surface area contributed by atoms with E-state index in [0.717, 1.165) is 19.3 Å². The maximum Gasteiger partial charge on any atom is 0.0832 e. The second kappa shape index (κ2) is 5.61. The first-order valence-electron chi connectivity index (χ1n) is 6.46. The Kier molecular flexibility index (Phi) is 4.13. The molecule has 1 aliphatic rings. The number of pyridine rings is 1. The summed E-state index contributed by atoms with van der Waals surface area (Å²) in [5.41, 5.74) is 7.52. The Balaban J connectivity index is 2.04. The van der Waals surface area contributed by atoms with E-state index in [-0.39, 0.29) is 11.6 Å². The molecule has 1 aliphatic carbocycles. The standard InChI is InChI=1S/C14H22N2O/c1-17-14(7-3-2-4-8-14)13(15)11-12-5-9-16-10-6-12/h5-6,9-10,13H,2-4,7-8,11,15H2,1H3. The van der Waals surface area contributed by atoms with E-state index in [1.54, 1.807) is 7.11 Å². The lowest BCUT2D eigenvalue weighted by atomic mass is 9.77. The molecule has 2 rings (SSSR count). The lowest BCUT2D eigenvalue weighted by molar-refractivity contribution is -0.0582. The van der Waals surface area contributed by atoms with Gasteiger partial charge in [-0.2, -0.15) is 0 Å². The fourth-order valence-corrected chi connectivity index (χ4v) is 2.84. The first-order chi connectivity index (χ1) is 8.27. The van der Waals surface area contributed by atoms with Crippen molar-refractivity contribution in [1.29, 1.82) is 0 Å². The van der Waals surface area contributed by atoms with Crippen LogP contribution in [0, 0.1) is 0 Å². The van der Waals surface area contributed by atoms with Crippen molar-refractivity contribution >= 4 is 0 Å². The van der Waals surface area contributed by atoms with Gasteiger partial charge >= 0.3 is 0 Å². The predicted molar refractivity (Wildman–Crippen MR) is 68.7 cm³/mol. The van der Waals surface area contributed by atoms with E-state index in [0.29, 0.717) is 0 Å². The largest absolute Gasteiger partial charge is 0.377 e. The normalized spacial score (nSPS) is 21.1. The Bertz CT molecular complexity index is 333. The van der Waals surface area contributed by atoms with Crippen molar-refractivity contribution in [3.05, 3.63) is 30.1 Å². The second-order valence-electron chi connectivity index (χ2n) is 5.00. The van der Waals surface area contributed by atoms with E-state index in [4.69, 9.17) is 10.5 Å². The number of nitrogens with zero attached hydrogens (tertiary/aromatic N) is 1. The first-order valence-corrected chi connectivity index (χ1v) is 6.46. The van der Waals surface area contributed by atoms with E-state index in [9.17, 15) is 0 Å². The number of aromatic nitrogens is 1. The number of nitrogens with two attached hydrogens (primary N) is 1.